The number of nitrogens with zero attached hydrogens (tertiary/aromatic N) is 3. The number of halogens is 3. The van der Waals surface area contributed by atoms with Crippen LogP contribution >= 0.6 is 46.6 Å². The van der Waals surface area contributed by atoms with Gasteiger partial charge in [-0.25, -0.2) is 4.68 Å². The Labute approximate surface area is 167 Å². The van der Waals surface area contributed by atoms with E-state index in [4.69, 9.17) is 45.1 Å². The van der Waals surface area contributed by atoms with Crippen molar-refractivity contribution in [1.82, 2.24) is 14.9 Å². The van der Waals surface area contributed by atoms with Crippen molar-refractivity contribution in [2.75, 3.05) is 16.9 Å². The van der Waals surface area contributed by atoms with Crippen LogP contribution in [0.3, 0.4) is 0 Å². The third-order valence-corrected chi connectivity index (χ3v) is 5.36. The zero-order valence-corrected chi connectivity index (χ0v) is 16.4. The molecule has 0 spiro atoms. The van der Waals surface area contributed by atoms with E-state index in [2.05, 4.69) is 15.5 Å². The summed E-state index contributed by atoms with van der Waals surface area (Å²) in [5.74, 6) is 6.88. The number of aromatic nitrogens is 3. The van der Waals surface area contributed by atoms with Gasteiger partial charge in [0.15, 0.2) is 5.82 Å². The molecule has 3 rings (SSSR count). The van der Waals surface area contributed by atoms with Crippen LogP contribution in [0, 0.1) is 6.92 Å². The van der Waals surface area contributed by atoms with Crippen LogP contribution in [0.1, 0.15) is 5.76 Å². The van der Waals surface area contributed by atoms with Crippen LogP contribution in [0.5, 0.6) is 0 Å². The summed E-state index contributed by atoms with van der Waals surface area (Å²) in [5.41, 5.74) is 1.11. The Morgan fingerprint density at radius 1 is 1.27 bits per heavy atom. The molecule has 26 heavy (non-hydrogen) atoms. The molecular weight excluding hydrogens is 421 g/mol. The zero-order chi connectivity index (χ0) is 18.8. The van der Waals surface area contributed by atoms with Crippen LogP contribution in [0.15, 0.2) is 34.0 Å². The first kappa shape index (κ1) is 18.9. The van der Waals surface area contributed by atoms with Crippen molar-refractivity contribution in [2.24, 2.45) is 0 Å². The lowest BCUT2D eigenvalue weighted by molar-refractivity contribution is -0.113. The number of rotatable bonds is 5. The topological polar surface area (TPSA) is 99.0 Å². The number of hydrogen-bond donors (Lipinski definition) is 2. The number of hydrogen-bond acceptors (Lipinski definition) is 6. The molecule has 7 nitrogen and oxygen atoms in total. The molecule has 2 aromatic heterocycles. The van der Waals surface area contributed by atoms with Gasteiger partial charge in [0, 0.05) is 0 Å². The number of thioether (sulfide) groups is 1. The Morgan fingerprint density at radius 3 is 2.69 bits per heavy atom. The number of nitrogens with two attached hydrogens (primary N) is 1. The minimum Gasteiger partial charge on any atom is -0.469 e. The Balaban J connectivity index is 1.66. The number of aryl methyl sites for hydroxylation is 1. The molecule has 3 aromatic rings. The lowest BCUT2D eigenvalue weighted by Crippen LogP contribution is -2.16. The molecule has 0 aliphatic heterocycles. The smallest absolute Gasteiger partial charge is 0.234 e. The lowest BCUT2D eigenvalue weighted by atomic mass is 10.2. The highest BCUT2D eigenvalue weighted by Gasteiger charge is 2.17. The summed E-state index contributed by atoms with van der Waals surface area (Å²) < 4.78 is 6.54. The maximum absolute atomic E-state index is 12.2. The molecular formula is C15H12Cl3N5O2S. The monoisotopic (exact) mass is 431 g/mol. The van der Waals surface area contributed by atoms with Crippen LogP contribution in [0.25, 0.3) is 11.4 Å². The van der Waals surface area contributed by atoms with Gasteiger partial charge in [0.2, 0.25) is 11.1 Å². The number of nitrogen functional groups attached to an aromatic ring is 1. The van der Waals surface area contributed by atoms with E-state index in [1.165, 1.54) is 16.8 Å². The van der Waals surface area contributed by atoms with E-state index in [-0.39, 0.29) is 16.7 Å². The first-order valence-corrected chi connectivity index (χ1v) is 9.31. The number of carbonyl (C=O) groups excluding carboxylic acids is 1. The van der Waals surface area contributed by atoms with Gasteiger partial charge in [0.25, 0.3) is 0 Å². The van der Waals surface area contributed by atoms with Gasteiger partial charge in [-0.2, -0.15) is 0 Å². The van der Waals surface area contributed by atoms with E-state index in [0.29, 0.717) is 32.5 Å². The number of carbonyl (C=O) groups is 1. The standard InChI is InChI=1S/C15H12Cl3N5O2S/c1-7-8(2-3-25-7)14-21-22-15(23(14)19)26-6-13(24)20-12-5-10(17)9(16)4-11(12)18/h2-5H,6,19H2,1H3,(H,20,24). The maximum Gasteiger partial charge on any atom is 0.234 e. The fourth-order valence-electron chi connectivity index (χ4n) is 2.11. The van der Waals surface area contributed by atoms with Gasteiger partial charge >= 0.3 is 0 Å². The van der Waals surface area contributed by atoms with E-state index in [0.717, 1.165) is 17.3 Å². The first-order valence-electron chi connectivity index (χ1n) is 7.19. The minimum atomic E-state index is -0.306. The molecule has 11 heteroatoms. The Morgan fingerprint density at radius 2 is 2.00 bits per heavy atom. The van der Waals surface area contributed by atoms with Crippen LogP contribution in [-0.2, 0) is 4.79 Å². The molecule has 2 heterocycles. The SMILES string of the molecule is Cc1occc1-c1nnc(SCC(=O)Nc2cc(Cl)c(Cl)cc2Cl)n1N. The molecule has 136 valence electrons. The van der Waals surface area contributed by atoms with Gasteiger partial charge in [-0.15, -0.1) is 10.2 Å². The molecule has 0 saturated heterocycles. The summed E-state index contributed by atoms with van der Waals surface area (Å²) in [4.78, 5) is 12.2. The fourth-order valence-corrected chi connectivity index (χ4v) is 3.36. The largest absolute Gasteiger partial charge is 0.469 e. The molecule has 0 radical (unpaired) electrons. The minimum absolute atomic E-state index is 0.0519. The summed E-state index contributed by atoms with van der Waals surface area (Å²) in [5, 5.41) is 12.0. The van der Waals surface area contributed by atoms with Crippen molar-refractivity contribution < 1.29 is 9.21 Å². The second-order valence-electron chi connectivity index (χ2n) is 5.15. The number of anilines is 1. The molecule has 0 bridgehead atoms. The van der Waals surface area contributed by atoms with Crippen molar-refractivity contribution in [3.63, 3.8) is 0 Å². The average Bonchev–Trinajstić information content (AvgIpc) is 3.16. The summed E-state index contributed by atoms with van der Waals surface area (Å²) in [6.07, 6.45) is 1.54. The molecule has 0 aliphatic carbocycles. The molecule has 0 aliphatic rings. The zero-order valence-electron chi connectivity index (χ0n) is 13.3. The highest BCUT2D eigenvalue weighted by molar-refractivity contribution is 7.99. The average molecular weight is 433 g/mol. The van der Waals surface area contributed by atoms with Gasteiger partial charge in [0.05, 0.1) is 38.3 Å². The van der Waals surface area contributed by atoms with Gasteiger partial charge in [-0.1, -0.05) is 46.6 Å². The molecule has 1 amide bonds. The first-order chi connectivity index (χ1) is 12.4. The third kappa shape index (κ3) is 3.93. The fraction of sp³-hybridized carbons (Fsp3) is 0.133. The van der Waals surface area contributed by atoms with Gasteiger partial charge in [-0.05, 0) is 25.1 Å². The highest BCUT2D eigenvalue weighted by Crippen LogP contribution is 2.32. The van der Waals surface area contributed by atoms with Crippen LogP contribution in [-0.4, -0.2) is 26.5 Å². The predicted molar refractivity (Wildman–Crippen MR) is 103 cm³/mol. The van der Waals surface area contributed by atoms with Crippen LogP contribution < -0.4 is 11.2 Å². The van der Waals surface area contributed by atoms with Crippen molar-refractivity contribution >= 4 is 58.2 Å². The normalized spacial score (nSPS) is 10.9. The number of amides is 1. The molecule has 0 fully saturated rings. The number of nitrogens with one attached hydrogen (secondary N) is 1. The number of furan rings is 1. The molecule has 1 aromatic carbocycles. The van der Waals surface area contributed by atoms with Gasteiger partial charge in [-0.3, -0.25) is 4.79 Å². The summed E-state index contributed by atoms with van der Waals surface area (Å²) in [7, 11) is 0. The van der Waals surface area contributed by atoms with Crippen molar-refractivity contribution in [2.45, 2.75) is 12.1 Å². The Kier molecular flexibility index (Phi) is 5.67. The Bertz CT molecular complexity index is 972. The van der Waals surface area contributed by atoms with E-state index in [1.54, 1.807) is 19.3 Å². The van der Waals surface area contributed by atoms with Crippen LogP contribution in [0.4, 0.5) is 5.69 Å². The molecule has 0 saturated carbocycles. The van der Waals surface area contributed by atoms with Gasteiger partial charge < -0.3 is 15.6 Å². The van der Waals surface area contributed by atoms with Crippen LogP contribution in [0.2, 0.25) is 15.1 Å². The third-order valence-electron chi connectivity index (χ3n) is 3.38. The van der Waals surface area contributed by atoms with Gasteiger partial charge in [0.1, 0.15) is 5.76 Å². The molecule has 0 atom stereocenters. The summed E-state index contributed by atoms with van der Waals surface area (Å²) >= 11 is 19.0. The van der Waals surface area contributed by atoms with E-state index in [1.807, 2.05) is 0 Å². The Hall–Kier alpha value is -1.87. The number of benzene rings is 1. The quantitative estimate of drug-likeness (QED) is 0.355. The summed E-state index contributed by atoms with van der Waals surface area (Å²) in [6, 6.07) is 4.69. The second kappa shape index (κ2) is 7.79. The highest BCUT2D eigenvalue weighted by atomic mass is 35.5. The maximum atomic E-state index is 12.2. The summed E-state index contributed by atoms with van der Waals surface area (Å²) in [6.45, 7) is 1.80. The van der Waals surface area contributed by atoms with E-state index < -0.39 is 0 Å². The molecule has 3 N–H and O–H groups in total. The molecule has 0 unspecified atom stereocenters. The van der Waals surface area contributed by atoms with Crippen molar-refractivity contribution in [1.29, 1.82) is 0 Å². The van der Waals surface area contributed by atoms with Crippen molar-refractivity contribution in [3.05, 3.63) is 45.3 Å². The van der Waals surface area contributed by atoms with Crippen molar-refractivity contribution in [3.8, 4) is 11.4 Å². The van der Waals surface area contributed by atoms with E-state index >= 15 is 0 Å². The van der Waals surface area contributed by atoms with E-state index in [9.17, 15) is 4.79 Å². The predicted octanol–water partition coefficient (Wildman–Crippen LogP) is 4.25. The lowest BCUT2D eigenvalue weighted by Gasteiger charge is -2.08. The second-order valence-corrected chi connectivity index (χ2v) is 7.31.